The monoisotopic (exact) mass is 283 g/mol. The summed E-state index contributed by atoms with van der Waals surface area (Å²) >= 11 is 0. The van der Waals surface area contributed by atoms with E-state index in [1.54, 1.807) is 30.6 Å². The van der Waals surface area contributed by atoms with Crippen molar-refractivity contribution in [3.63, 3.8) is 0 Å². The Hall–Kier alpha value is -2.08. The second-order valence-corrected chi connectivity index (χ2v) is 4.16. The highest BCUT2D eigenvalue weighted by atomic mass is 19.4. The summed E-state index contributed by atoms with van der Waals surface area (Å²) in [7, 11) is 0. The quantitative estimate of drug-likeness (QED) is 0.936. The van der Waals surface area contributed by atoms with E-state index in [1.165, 1.54) is 18.2 Å². The summed E-state index contributed by atoms with van der Waals surface area (Å²) in [4.78, 5) is 3.84. The van der Waals surface area contributed by atoms with Gasteiger partial charge in [-0.05, 0) is 23.8 Å². The first-order valence-electron chi connectivity index (χ1n) is 5.87. The summed E-state index contributed by atoms with van der Waals surface area (Å²) in [5.74, 6) is -0.387. The fraction of sp³-hybridized carbons (Fsp3) is 0.214. The van der Waals surface area contributed by atoms with Gasteiger partial charge in [-0.15, -0.1) is 13.2 Å². The molecule has 0 aliphatic carbocycles. The Bertz CT molecular complexity index is 558. The minimum Gasteiger partial charge on any atom is -0.405 e. The van der Waals surface area contributed by atoms with E-state index in [4.69, 9.17) is 0 Å². The molecule has 6 heteroatoms. The number of alkyl halides is 3. The molecule has 2 aromatic rings. The maximum Gasteiger partial charge on any atom is 0.573 e. The highest BCUT2D eigenvalue weighted by molar-refractivity contribution is 5.36. The zero-order chi connectivity index (χ0) is 14.6. The van der Waals surface area contributed by atoms with Crippen LogP contribution in [0.25, 0.3) is 0 Å². The second-order valence-electron chi connectivity index (χ2n) is 4.16. The van der Waals surface area contributed by atoms with Crippen LogP contribution < -0.4 is 4.74 Å². The van der Waals surface area contributed by atoms with Gasteiger partial charge in [0, 0.05) is 24.4 Å². The van der Waals surface area contributed by atoms with Crippen LogP contribution in [-0.4, -0.2) is 16.5 Å². The molecule has 1 unspecified atom stereocenters. The van der Waals surface area contributed by atoms with Gasteiger partial charge in [0.2, 0.25) is 0 Å². The van der Waals surface area contributed by atoms with Crippen LogP contribution in [0.2, 0.25) is 0 Å². The van der Waals surface area contributed by atoms with Gasteiger partial charge >= 0.3 is 6.36 Å². The van der Waals surface area contributed by atoms with Crippen LogP contribution in [-0.2, 0) is 6.42 Å². The lowest BCUT2D eigenvalue weighted by molar-refractivity contribution is -0.275. The van der Waals surface area contributed by atoms with Crippen LogP contribution in [0.5, 0.6) is 5.75 Å². The van der Waals surface area contributed by atoms with E-state index in [0.29, 0.717) is 0 Å². The van der Waals surface area contributed by atoms with Crippen LogP contribution in [0, 0.1) is 0 Å². The molecule has 0 aliphatic rings. The molecule has 2 rings (SSSR count). The average molecular weight is 283 g/mol. The van der Waals surface area contributed by atoms with Crippen molar-refractivity contribution in [2.45, 2.75) is 18.9 Å². The molecule has 0 radical (unpaired) electrons. The Morgan fingerprint density at radius 2 is 1.75 bits per heavy atom. The highest BCUT2D eigenvalue weighted by Gasteiger charge is 2.32. The number of aliphatic hydroxyl groups excluding tert-OH is 1. The minimum absolute atomic E-state index is 0.0987. The van der Waals surface area contributed by atoms with Crippen molar-refractivity contribution < 1.29 is 23.0 Å². The first kappa shape index (κ1) is 14.3. The molecule has 106 valence electrons. The predicted octanol–water partition coefficient (Wildman–Crippen LogP) is 3.26. The second kappa shape index (κ2) is 5.92. The van der Waals surface area contributed by atoms with Gasteiger partial charge < -0.3 is 9.84 Å². The zero-order valence-electron chi connectivity index (χ0n) is 10.3. The molecule has 3 nitrogen and oxygen atoms in total. The number of para-hydroxylation sites is 1. The normalized spacial score (nSPS) is 13.0. The largest absolute Gasteiger partial charge is 0.573 e. The Morgan fingerprint density at radius 3 is 2.40 bits per heavy atom. The fourth-order valence-corrected chi connectivity index (χ4v) is 1.83. The maximum absolute atomic E-state index is 12.3. The van der Waals surface area contributed by atoms with E-state index >= 15 is 0 Å². The van der Waals surface area contributed by atoms with Crippen molar-refractivity contribution in [1.82, 2.24) is 4.98 Å². The number of benzene rings is 1. The molecule has 0 saturated heterocycles. The number of hydrogen-bond acceptors (Lipinski definition) is 3. The standard InChI is InChI=1S/C14H12F3NO2/c15-14(16,17)20-13-4-2-1-3-11(13)12(19)9-10-5-7-18-8-6-10/h1-8,12,19H,9H2. The van der Waals surface area contributed by atoms with Crippen LogP contribution in [0.3, 0.4) is 0 Å². The van der Waals surface area contributed by atoms with Crippen LogP contribution >= 0.6 is 0 Å². The molecule has 1 N–H and O–H groups in total. The number of nitrogens with zero attached hydrogens (tertiary/aromatic N) is 1. The predicted molar refractivity (Wildman–Crippen MR) is 66.0 cm³/mol. The number of rotatable bonds is 4. The molecule has 0 bridgehead atoms. The van der Waals surface area contributed by atoms with Crippen LogP contribution in [0.1, 0.15) is 17.2 Å². The summed E-state index contributed by atoms with van der Waals surface area (Å²) < 4.78 is 40.8. The van der Waals surface area contributed by atoms with Crippen LogP contribution in [0.15, 0.2) is 48.8 Å². The Labute approximate surface area is 113 Å². The Kier molecular flexibility index (Phi) is 4.24. The summed E-state index contributed by atoms with van der Waals surface area (Å²) in [6, 6.07) is 8.94. The van der Waals surface area contributed by atoms with Gasteiger partial charge in [-0.25, -0.2) is 0 Å². The number of aliphatic hydroxyl groups is 1. The molecule has 0 spiro atoms. The summed E-state index contributed by atoms with van der Waals surface area (Å²) in [5.41, 5.74) is 0.871. The van der Waals surface area contributed by atoms with Gasteiger partial charge in [-0.1, -0.05) is 18.2 Å². The van der Waals surface area contributed by atoms with E-state index in [0.717, 1.165) is 5.56 Å². The number of pyridine rings is 1. The summed E-state index contributed by atoms with van der Waals surface area (Å²) in [6.07, 6.45) is -2.58. The van der Waals surface area contributed by atoms with Crippen molar-refractivity contribution in [3.8, 4) is 5.75 Å². The lowest BCUT2D eigenvalue weighted by Gasteiger charge is -2.17. The lowest BCUT2D eigenvalue weighted by atomic mass is 10.0. The Balaban J connectivity index is 2.19. The average Bonchev–Trinajstić information content (AvgIpc) is 2.38. The fourth-order valence-electron chi connectivity index (χ4n) is 1.83. The Morgan fingerprint density at radius 1 is 1.10 bits per heavy atom. The first-order valence-corrected chi connectivity index (χ1v) is 5.87. The van der Waals surface area contributed by atoms with E-state index < -0.39 is 12.5 Å². The van der Waals surface area contributed by atoms with E-state index in [1.807, 2.05) is 0 Å². The molecule has 20 heavy (non-hydrogen) atoms. The number of aromatic nitrogens is 1. The van der Waals surface area contributed by atoms with Gasteiger partial charge in [0.05, 0.1) is 6.10 Å². The number of hydrogen-bond donors (Lipinski definition) is 1. The molecule has 1 aromatic heterocycles. The van der Waals surface area contributed by atoms with Gasteiger partial charge in [0.1, 0.15) is 5.75 Å². The lowest BCUT2D eigenvalue weighted by Crippen LogP contribution is -2.19. The third kappa shape index (κ3) is 3.96. The summed E-state index contributed by atoms with van der Waals surface area (Å²) in [6.45, 7) is 0. The molecule has 0 saturated carbocycles. The zero-order valence-corrected chi connectivity index (χ0v) is 10.3. The third-order valence-electron chi connectivity index (χ3n) is 2.68. The van der Waals surface area contributed by atoms with Gasteiger partial charge in [-0.3, -0.25) is 4.98 Å². The molecule has 0 amide bonds. The van der Waals surface area contributed by atoms with Crippen molar-refractivity contribution in [2.24, 2.45) is 0 Å². The minimum atomic E-state index is -4.79. The SMILES string of the molecule is OC(Cc1ccncc1)c1ccccc1OC(F)(F)F. The molecule has 0 aliphatic heterocycles. The molecular formula is C14H12F3NO2. The molecule has 1 atom stereocenters. The topological polar surface area (TPSA) is 42.4 Å². The van der Waals surface area contributed by atoms with Crippen molar-refractivity contribution in [3.05, 3.63) is 59.9 Å². The van der Waals surface area contributed by atoms with E-state index in [9.17, 15) is 18.3 Å². The van der Waals surface area contributed by atoms with Gasteiger partial charge in [0.15, 0.2) is 0 Å². The van der Waals surface area contributed by atoms with E-state index in [-0.39, 0.29) is 17.7 Å². The molecular weight excluding hydrogens is 271 g/mol. The number of ether oxygens (including phenoxy) is 1. The van der Waals surface area contributed by atoms with Crippen LogP contribution in [0.4, 0.5) is 13.2 Å². The van der Waals surface area contributed by atoms with E-state index in [2.05, 4.69) is 9.72 Å². The summed E-state index contributed by atoms with van der Waals surface area (Å²) in [5, 5.41) is 10.1. The molecule has 1 heterocycles. The van der Waals surface area contributed by atoms with Gasteiger partial charge in [-0.2, -0.15) is 0 Å². The smallest absolute Gasteiger partial charge is 0.405 e. The molecule has 0 fully saturated rings. The molecule has 1 aromatic carbocycles. The number of halogens is 3. The maximum atomic E-state index is 12.3. The highest BCUT2D eigenvalue weighted by Crippen LogP contribution is 2.31. The first-order chi connectivity index (χ1) is 9.46. The third-order valence-corrected chi connectivity index (χ3v) is 2.68. The van der Waals surface area contributed by atoms with Gasteiger partial charge in [0.25, 0.3) is 0 Å². The van der Waals surface area contributed by atoms with Crippen molar-refractivity contribution in [2.75, 3.05) is 0 Å². The van der Waals surface area contributed by atoms with Crippen molar-refractivity contribution >= 4 is 0 Å². The van der Waals surface area contributed by atoms with Crippen molar-refractivity contribution in [1.29, 1.82) is 0 Å².